The minimum Gasteiger partial charge on any atom is -0.480 e. The van der Waals surface area contributed by atoms with Crippen LogP contribution in [0.1, 0.15) is 56.6 Å². The van der Waals surface area contributed by atoms with Crippen molar-refractivity contribution in [3.05, 3.63) is 59.7 Å². The molecule has 2 atom stereocenters. The van der Waals surface area contributed by atoms with Crippen molar-refractivity contribution in [2.75, 3.05) is 19.7 Å². The molecule has 0 aromatic heterocycles. The van der Waals surface area contributed by atoms with Gasteiger partial charge in [0.2, 0.25) is 5.91 Å². The molecule has 1 fully saturated rings. The number of alkyl carbamates (subject to hydrolysis) is 1. The Labute approximate surface area is 206 Å². The van der Waals surface area contributed by atoms with Crippen LogP contribution in [0.4, 0.5) is 4.79 Å². The van der Waals surface area contributed by atoms with Crippen molar-refractivity contribution >= 4 is 18.0 Å². The molecule has 35 heavy (non-hydrogen) atoms. The number of carboxylic acids is 1. The van der Waals surface area contributed by atoms with Crippen LogP contribution in [0.2, 0.25) is 0 Å². The van der Waals surface area contributed by atoms with Crippen molar-refractivity contribution in [2.45, 2.75) is 51.5 Å². The molecular formula is C28H34N2O5. The maximum Gasteiger partial charge on any atom is 0.407 e. The van der Waals surface area contributed by atoms with Crippen LogP contribution in [0.5, 0.6) is 0 Å². The summed E-state index contributed by atoms with van der Waals surface area (Å²) in [5.41, 5.74) is 4.67. The Kier molecular flexibility index (Phi) is 7.73. The van der Waals surface area contributed by atoms with Gasteiger partial charge in [-0.25, -0.2) is 4.79 Å². The number of amides is 2. The summed E-state index contributed by atoms with van der Waals surface area (Å²) in [6.07, 6.45) is 2.95. The quantitative estimate of drug-likeness (QED) is 0.576. The molecule has 2 aliphatic carbocycles. The van der Waals surface area contributed by atoms with Gasteiger partial charge >= 0.3 is 12.1 Å². The van der Waals surface area contributed by atoms with E-state index in [1.54, 1.807) is 0 Å². The van der Waals surface area contributed by atoms with Gasteiger partial charge in [-0.3, -0.25) is 9.59 Å². The van der Waals surface area contributed by atoms with E-state index >= 15 is 0 Å². The summed E-state index contributed by atoms with van der Waals surface area (Å²) >= 11 is 0. The predicted octanol–water partition coefficient (Wildman–Crippen LogP) is 4.65. The SMILES string of the molecule is CC(C)N(CC(=O)O)C(=O)[C@H]1CCCC[C@H]1CNC(=O)OCC1c2ccccc2-c2ccccc21. The topological polar surface area (TPSA) is 95.9 Å². The maximum atomic E-state index is 13.2. The molecule has 2 amide bonds. The van der Waals surface area contributed by atoms with Gasteiger partial charge in [-0.2, -0.15) is 0 Å². The van der Waals surface area contributed by atoms with Gasteiger partial charge < -0.3 is 20.1 Å². The number of aliphatic carboxylic acids is 1. The van der Waals surface area contributed by atoms with E-state index in [4.69, 9.17) is 4.74 Å². The zero-order chi connectivity index (χ0) is 24.9. The van der Waals surface area contributed by atoms with E-state index in [0.29, 0.717) is 13.0 Å². The highest BCUT2D eigenvalue weighted by molar-refractivity contribution is 5.84. The highest BCUT2D eigenvalue weighted by Crippen LogP contribution is 2.44. The van der Waals surface area contributed by atoms with Crippen molar-refractivity contribution in [1.29, 1.82) is 0 Å². The average molecular weight is 479 g/mol. The van der Waals surface area contributed by atoms with Crippen molar-refractivity contribution < 1.29 is 24.2 Å². The summed E-state index contributed by atoms with van der Waals surface area (Å²) in [6, 6.07) is 16.2. The summed E-state index contributed by atoms with van der Waals surface area (Å²) in [6.45, 7) is 3.93. The second-order valence-corrected chi connectivity index (χ2v) is 9.81. The van der Waals surface area contributed by atoms with Crippen LogP contribution in [0.15, 0.2) is 48.5 Å². The lowest BCUT2D eigenvalue weighted by atomic mass is 9.78. The molecule has 2 N–H and O–H groups in total. The van der Waals surface area contributed by atoms with Crippen LogP contribution in [0.3, 0.4) is 0 Å². The first-order valence-electron chi connectivity index (χ1n) is 12.5. The molecule has 186 valence electrons. The first kappa shape index (κ1) is 24.8. The van der Waals surface area contributed by atoms with Gasteiger partial charge in [0.05, 0.1) is 0 Å². The van der Waals surface area contributed by atoms with E-state index in [2.05, 4.69) is 29.6 Å². The maximum absolute atomic E-state index is 13.2. The summed E-state index contributed by atoms with van der Waals surface area (Å²) in [5, 5.41) is 12.1. The summed E-state index contributed by atoms with van der Waals surface area (Å²) in [7, 11) is 0. The van der Waals surface area contributed by atoms with Crippen LogP contribution in [-0.4, -0.2) is 53.7 Å². The molecule has 1 saturated carbocycles. The third-order valence-corrected chi connectivity index (χ3v) is 7.29. The third-order valence-electron chi connectivity index (χ3n) is 7.29. The molecular weight excluding hydrogens is 444 g/mol. The van der Waals surface area contributed by atoms with Crippen LogP contribution < -0.4 is 5.32 Å². The number of carbonyl (C=O) groups excluding carboxylic acids is 2. The number of nitrogens with one attached hydrogen (secondary N) is 1. The molecule has 4 rings (SSSR count). The smallest absolute Gasteiger partial charge is 0.407 e. The second-order valence-electron chi connectivity index (χ2n) is 9.81. The van der Waals surface area contributed by atoms with Crippen molar-refractivity contribution in [3.63, 3.8) is 0 Å². The molecule has 0 radical (unpaired) electrons. The lowest BCUT2D eigenvalue weighted by Crippen LogP contribution is -2.48. The molecule has 7 heteroatoms. The van der Waals surface area contributed by atoms with Gasteiger partial charge in [-0.05, 0) is 54.9 Å². The Morgan fingerprint density at radius 2 is 1.60 bits per heavy atom. The van der Waals surface area contributed by atoms with E-state index < -0.39 is 12.1 Å². The zero-order valence-electron chi connectivity index (χ0n) is 20.4. The van der Waals surface area contributed by atoms with Gasteiger partial charge in [0, 0.05) is 24.4 Å². The molecule has 2 aromatic carbocycles. The van der Waals surface area contributed by atoms with Crippen molar-refractivity contribution in [3.8, 4) is 11.1 Å². The number of rotatable bonds is 8. The van der Waals surface area contributed by atoms with E-state index in [1.165, 1.54) is 16.0 Å². The lowest BCUT2D eigenvalue weighted by molar-refractivity contribution is -0.149. The Balaban J connectivity index is 1.36. The fraction of sp³-hybridized carbons (Fsp3) is 0.464. The number of benzene rings is 2. The van der Waals surface area contributed by atoms with Crippen LogP contribution in [0, 0.1) is 11.8 Å². The minimum absolute atomic E-state index is 0.00669. The third kappa shape index (κ3) is 5.50. The molecule has 0 heterocycles. The Bertz CT molecular complexity index is 1040. The molecule has 2 aromatic rings. The Morgan fingerprint density at radius 1 is 1.00 bits per heavy atom. The predicted molar refractivity (Wildman–Crippen MR) is 133 cm³/mol. The standard InChI is InChI=1S/C28H34N2O5/c1-18(2)30(16-26(31)32)27(33)20-10-4-3-9-19(20)15-29-28(34)35-17-25-23-13-7-5-11-21(23)22-12-6-8-14-24(22)25/h5-8,11-14,18-20,25H,3-4,9-10,15-17H2,1-2H3,(H,29,34)(H,31,32)/t19-,20-/m0/s1. The normalized spacial score (nSPS) is 19.1. The number of hydrogen-bond donors (Lipinski definition) is 2. The monoisotopic (exact) mass is 478 g/mol. The first-order chi connectivity index (χ1) is 16.9. The van der Waals surface area contributed by atoms with Crippen LogP contribution in [0.25, 0.3) is 11.1 Å². The molecule has 0 saturated heterocycles. The Hall–Kier alpha value is -3.35. The summed E-state index contributed by atoms with van der Waals surface area (Å²) < 4.78 is 5.64. The number of hydrogen-bond acceptors (Lipinski definition) is 4. The second kappa shape index (κ2) is 10.9. The van der Waals surface area contributed by atoms with E-state index in [1.807, 2.05) is 38.1 Å². The minimum atomic E-state index is -1.02. The lowest BCUT2D eigenvalue weighted by Gasteiger charge is -2.36. The number of fused-ring (bicyclic) bond motifs is 3. The molecule has 0 spiro atoms. The fourth-order valence-corrected chi connectivity index (χ4v) is 5.51. The highest BCUT2D eigenvalue weighted by Gasteiger charge is 2.35. The van der Waals surface area contributed by atoms with E-state index in [-0.39, 0.29) is 42.9 Å². The van der Waals surface area contributed by atoms with Crippen LogP contribution >= 0.6 is 0 Å². The van der Waals surface area contributed by atoms with Gasteiger partial charge in [0.1, 0.15) is 13.2 Å². The van der Waals surface area contributed by atoms with Gasteiger partial charge in [-0.15, -0.1) is 0 Å². The van der Waals surface area contributed by atoms with Crippen molar-refractivity contribution in [1.82, 2.24) is 10.2 Å². The van der Waals surface area contributed by atoms with Crippen LogP contribution in [-0.2, 0) is 14.3 Å². The zero-order valence-corrected chi connectivity index (χ0v) is 20.4. The Morgan fingerprint density at radius 3 is 2.20 bits per heavy atom. The molecule has 0 aliphatic heterocycles. The van der Waals surface area contributed by atoms with Gasteiger partial charge in [0.25, 0.3) is 0 Å². The molecule has 7 nitrogen and oxygen atoms in total. The average Bonchev–Trinajstić information content (AvgIpc) is 3.18. The highest BCUT2D eigenvalue weighted by atomic mass is 16.5. The number of carbonyl (C=O) groups is 3. The number of carboxylic acid groups (broad SMARTS) is 1. The van der Waals surface area contributed by atoms with Crippen molar-refractivity contribution in [2.24, 2.45) is 11.8 Å². The van der Waals surface area contributed by atoms with E-state index in [9.17, 15) is 19.5 Å². The van der Waals surface area contributed by atoms with Gasteiger partial charge in [-0.1, -0.05) is 61.4 Å². The number of nitrogens with zero attached hydrogens (tertiary/aromatic N) is 1. The summed E-state index contributed by atoms with van der Waals surface area (Å²) in [4.78, 5) is 38.5. The molecule has 2 aliphatic rings. The van der Waals surface area contributed by atoms with E-state index in [0.717, 1.165) is 30.4 Å². The molecule has 0 bridgehead atoms. The summed E-state index contributed by atoms with van der Waals surface area (Å²) in [5.74, 6) is -1.49. The fourth-order valence-electron chi connectivity index (χ4n) is 5.51. The van der Waals surface area contributed by atoms with Gasteiger partial charge in [0.15, 0.2) is 0 Å². The first-order valence-corrected chi connectivity index (χ1v) is 12.5. The molecule has 0 unspecified atom stereocenters. The largest absolute Gasteiger partial charge is 0.480 e. The number of ether oxygens (including phenoxy) is 1.